The van der Waals surface area contributed by atoms with Crippen LogP contribution in [0.25, 0.3) is 0 Å². The molecule has 5 nitrogen and oxygen atoms in total. The molecule has 1 aliphatic carbocycles. The molecule has 2 N–H and O–H groups in total. The third kappa shape index (κ3) is 7.08. The zero-order chi connectivity index (χ0) is 15.8. The van der Waals surface area contributed by atoms with E-state index in [1.165, 1.54) is 25.7 Å². The van der Waals surface area contributed by atoms with E-state index in [2.05, 4.69) is 10.6 Å². The number of carbonyl (C=O) groups excluding carboxylic acids is 2. The predicted octanol–water partition coefficient (Wildman–Crippen LogP) is 1.95. The monoisotopic (exact) mass is 345 g/mol. The van der Waals surface area contributed by atoms with Crippen LogP contribution in [0.2, 0.25) is 0 Å². The highest BCUT2D eigenvalue weighted by Gasteiger charge is 2.22. The maximum absolute atomic E-state index is 12.1. The largest absolute Gasteiger partial charge is 0.347 e. The Labute approximate surface area is 146 Å². The van der Waals surface area contributed by atoms with E-state index < -0.39 is 0 Å². The van der Waals surface area contributed by atoms with Crippen molar-refractivity contribution in [1.82, 2.24) is 15.5 Å². The number of hydrogen-bond donors (Lipinski definition) is 2. The Balaban J connectivity index is 0.00000264. The molecule has 134 valence electrons. The number of carbonyl (C=O) groups is 2. The first kappa shape index (κ1) is 20.2. The van der Waals surface area contributed by atoms with Gasteiger partial charge in [-0.3, -0.25) is 9.59 Å². The summed E-state index contributed by atoms with van der Waals surface area (Å²) in [6.07, 6.45) is 8.84. The smallest absolute Gasteiger partial charge is 0.241 e. The van der Waals surface area contributed by atoms with Gasteiger partial charge >= 0.3 is 0 Å². The second-order valence-corrected chi connectivity index (χ2v) is 6.85. The third-order valence-corrected chi connectivity index (χ3v) is 5.15. The second kappa shape index (κ2) is 10.9. The fraction of sp³-hybridized carbons (Fsp3) is 0.882. The summed E-state index contributed by atoms with van der Waals surface area (Å²) in [4.78, 5) is 25.8. The molecule has 0 aromatic rings. The lowest BCUT2D eigenvalue weighted by Gasteiger charge is -2.32. The normalized spacial score (nSPS) is 19.4. The highest BCUT2D eigenvalue weighted by molar-refractivity contribution is 5.85. The molecule has 2 aliphatic rings. The van der Waals surface area contributed by atoms with Crippen LogP contribution in [-0.4, -0.2) is 49.9 Å². The summed E-state index contributed by atoms with van der Waals surface area (Å²) in [6.45, 7) is 2.84. The number of piperidine rings is 1. The zero-order valence-electron chi connectivity index (χ0n) is 14.3. The molecule has 0 atom stereocenters. The zero-order valence-corrected chi connectivity index (χ0v) is 15.1. The van der Waals surface area contributed by atoms with Gasteiger partial charge in [0.25, 0.3) is 0 Å². The maximum Gasteiger partial charge on any atom is 0.241 e. The van der Waals surface area contributed by atoms with Crippen molar-refractivity contribution in [3.8, 4) is 0 Å². The van der Waals surface area contributed by atoms with Gasteiger partial charge in [0, 0.05) is 19.5 Å². The average Bonchev–Trinajstić information content (AvgIpc) is 3.05. The van der Waals surface area contributed by atoms with Crippen LogP contribution in [0.3, 0.4) is 0 Å². The van der Waals surface area contributed by atoms with Crippen molar-refractivity contribution in [3.63, 3.8) is 0 Å². The van der Waals surface area contributed by atoms with Crippen molar-refractivity contribution in [2.24, 2.45) is 11.8 Å². The average molecular weight is 346 g/mol. The lowest BCUT2D eigenvalue weighted by Crippen LogP contribution is -2.45. The summed E-state index contributed by atoms with van der Waals surface area (Å²) in [5.41, 5.74) is 0. The Morgan fingerprint density at radius 1 is 1.04 bits per heavy atom. The lowest BCUT2D eigenvalue weighted by atomic mass is 9.97. The number of likely N-dealkylation sites (tertiary alicyclic amines) is 1. The predicted molar refractivity (Wildman–Crippen MR) is 94.7 cm³/mol. The number of halogens is 1. The minimum Gasteiger partial charge on any atom is -0.347 e. The van der Waals surface area contributed by atoms with Gasteiger partial charge in [-0.25, -0.2) is 0 Å². The van der Waals surface area contributed by atoms with E-state index in [-0.39, 0.29) is 30.8 Å². The Bertz CT molecular complexity index is 365. The van der Waals surface area contributed by atoms with Crippen LogP contribution in [0.4, 0.5) is 0 Å². The van der Waals surface area contributed by atoms with Crippen molar-refractivity contribution in [2.45, 2.75) is 51.4 Å². The summed E-state index contributed by atoms with van der Waals surface area (Å²) in [6, 6.07) is 0. The van der Waals surface area contributed by atoms with Crippen LogP contribution in [0.15, 0.2) is 0 Å². The van der Waals surface area contributed by atoms with Gasteiger partial charge < -0.3 is 15.5 Å². The minimum atomic E-state index is 0. The number of rotatable bonds is 7. The molecule has 2 fully saturated rings. The van der Waals surface area contributed by atoms with Crippen LogP contribution in [0.5, 0.6) is 0 Å². The molecular weight excluding hydrogens is 314 g/mol. The Kier molecular flexibility index (Phi) is 9.56. The molecule has 0 aromatic carbocycles. The number of nitrogens with one attached hydrogen (secondary N) is 2. The SMILES string of the molecule is CNCC1CCN(C(=O)CNC(=O)CCC2CCCC2)CC1.Cl. The molecule has 1 aliphatic heterocycles. The molecule has 6 heteroatoms. The van der Waals surface area contributed by atoms with Crippen LogP contribution >= 0.6 is 12.4 Å². The summed E-state index contributed by atoms with van der Waals surface area (Å²) < 4.78 is 0. The number of hydrogen-bond acceptors (Lipinski definition) is 3. The second-order valence-electron chi connectivity index (χ2n) is 6.85. The van der Waals surface area contributed by atoms with Crippen LogP contribution < -0.4 is 10.6 Å². The standard InChI is InChI=1S/C17H31N3O2.ClH/c1-18-12-15-8-10-20(11-9-15)17(22)13-19-16(21)7-6-14-4-2-3-5-14;/h14-15,18H,2-13H2,1H3,(H,19,21);1H. The highest BCUT2D eigenvalue weighted by atomic mass is 35.5. The minimum absolute atomic E-state index is 0. The molecule has 1 heterocycles. The van der Waals surface area contributed by atoms with E-state index in [9.17, 15) is 9.59 Å². The molecule has 1 saturated heterocycles. The first-order chi connectivity index (χ1) is 10.7. The van der Waals surface area contributed by atoms with E-state index >= 15 is 0 Å². The highest BCUT2D eigenvalue weighted by Crippen LogP contribution is 2.28. The fourth-order valence-corrected chi connectivity index (χ4v) is 3.68. The summed E-state index contributed by atoms with van der Waals surface area (Å²) in [5, 5.41) is 6.00. The van der Waals surface area contributed by atoms with Gasteiger partial charge in [-0.1, -0.05) is 25.7 Å². The van der Waals surface area contributed by atoms with E-state index in [4.69, 9.17) is 0 Å². The molecule has 0 radical (unpaired) electrons. The van der Waals surface area contributed by atoms with E-state index in [0.29, 0.717) is 12.3 Å². The Morgan fingerprint density at radius 3 is 2.30 bits per heavy atom. The van der Waals surface area contributed by atoms with Crippen molar-refractivity contribution >= 4 is 24.2 Å². The maximum atomic E-state index is 12.1. The molecule has 2 rings (SSSR count). The van der Waals surface area contributed by atoms with E-state index in [0.717, 1.165) is 44.8 Å². The lowest BCUT2D eigenvalue weighted by molar-refractivity contribution is -0.134. The van der Waals surface area contributed by atoms with Gasteiger partial charge in [-0.2, -0.15) is 0 Å². The van der Waals surface area contributed by atoms with E-state index in [1.54, 1.807) is 0 Å². The summed E-state index contributed by atoms with van der Waals surface area (Å²) in [5.74, 6) is 1.50. The molecule has 0 bridgehead atoms. The molecule has 2 amide bonds. The van der Waals surface area contributed by atoms with Crippen molar-refractivity contribution < 1.29 is 9.59 Å². The first-order valence-electron chi connectivity index (χ1n) is 8.88. The van der Waals surface area contributed by atoms with Gasteiger partial charge in [0.05, 0.1) is 6.54 Å². The fourth-order valence-electron chi connectivity index (χ4n) is 3.68. The Hall–Kier alpha value is -0.810. The molecule has 0 spiro atoms. The number of amides is 2. The van der Waals surface area contributed by atoms with Gasteiger partial charge in [0.2, 0.25) is 11.8 Å². The first-order valence-corrected chi connectivity index (χ1v) is 8.88. The van der Waals surface area contributed by atoms with Gasteiger partial charge in [0.1, 0.15) is 0 Å². The van der Waals surface area contributed by atoms with Gasteiger partial charge in [-0.05, 0) is 44.7 Å². The van der Waals surface area contributed by atoms with Crippen molar-refractivity contribution in [2.75, 3.05) is 33.2 Å². The number of nitrogens with zero attached hydrogens (tertiary/aromatic N) is 1. The van der Waals surface area contributed by atoms with Crippen molar-refractivity contribution in [3.05, 3.63) is 0 Å². The molecule has 0 aromatic heterocycles. The van der Waals surface area contributed by atoms with Crippen LogP contribution in [-0.2, 0) is 9.59 Å². The molecule has 0 unspecified atom stereocenters. The van der Waals surface area contributed by atoms with Crippen LogP contribution in [0, 0.1) is 11.8 Å². The van der Waals surface area contributed by atoms with Gasteiger partial charge in [0.15, 0.2) is 0 Å². The topological polar surface area (TPSA) is 61.4 Å². The molecule has 23 heavy (non-hydrogen) atoms. The quantitative estimate of drug-likeness (QED) is 0.741. The van der Waals surface area contributed by atoms with E-state index in [1.807, 2.05) is 11.9 Å². The Morgan fingerprint density at radius 2 is 1.70 bits per heavy atom. The third-order valence-electron chi connectivity index (χ3n) is 5.15. The van der Waals surface area contributed by atoms with Crippen molar-refractivity contribution in [1.29, 1.82) is 0 Å². The summed E-state index contributed by atoms with van der Waals surface area (Å²) >= 11 is 0. The van der Waals surface area contributed by atoms with Gasteiger partial charge in [-0.15, -0.1) is 12.4 Å². The van der Waals surface area contributed by atoms with Crippen LogP contribution in [0.1, 0.15) is 51.4 Å². The molecular formula is C17H32ClN3O2. The molecule has 1 saturated carbocycles. The summed E-state index contributed by atoms with van der Waals surface area (Å²) in [7, 11) is 1.97.